The molecule has 0 bridgehead atoms. The fourth-order valence-corrected chi connectivity index (χ4v) is 1.31. The highest BCUT2D eigenvalue weighted by atomic mass is 32.2. The van der Waals surface area contributed by atoms with Crippen LogP contribution in [0.3, 0.4) is 0 Å². The van der Waals surface area contributed by atoms with Gasteiger partial charge < -0.3 is 9.22 Å². The Bertz CT molecular complexity index is 126. The Hall–Kier alpha value is 0.207. The second-order valence-corrected chi connectivity index (χ2v) is 4.11. The van der Waals surface area contributed by atoms with E-state index in [0.29, 0.717) is 6.61 Å². The fourth-order valence-electron chi connectivity index (χ4n) is 0.259. The molecule has 96 valence electrons. The Morgan fingerprint density at radius 1 is 1.27 bits per heavy atom. The maximum Gasteiger partial charge on any atom is 0.513 e. The number of rotatable bonds is 5. The summed E-state index contributed by atoms with van der Waals surface area (Å²) in [5, 5.41) is 0. The topological polar surface area (TPSA) is 65.0 Å². The maximum atomic E-state index is 10.2. The summed E-state index contributed by atoms with van der Waals surface area (Å²) in [6, 6.07) is 0. The van der Waals surface area contributed by atoms with Gasteiger partial charge in [-0.15, -0.1) is 4.33 Å². The van der Waals surface area contributed by atoms with Gasteiger partial charge in [-0.1, -0.05) is 34.1 Å². The van der Waals surface area contributed by atoms with Crippen molar-refractivity contribution in [3.8, 4) is 0 Å². The molecule has 2 atom stereocenters. The number of hydrogen-bond acceptors (Lipinski definition) is 5. The van der Waals surface area contributed by atoms with Gasteiger partial charge >= 0.3 is 9.53 Å². The molecular formula is C8H24O5SSi. The van der Waals surface area contributed by atoms with E-state index in [-0.39, 0.29) is 0 Å². The van der Waals surface area contributed by atoms with Gasteiger partial charge in [0.25, 0.3) is 0 Å². The summed E-state index contributed by atoms with van der Waals surface area (Å²) in [7, 11) is -2.67. The van der Waals surface area contributed by atoms with Crippen LogP contribution in [0.4, 0.5) is 0 Å². The van der Waals surface area contributed by atoms with Gasteiger partial charge in [0, 0.05) is 12.9 Å². The van der Waals surface area contributed by atoms with Crippen LogP contribution in [0.5, 0.6) is 0 Å². The molecule has 0 radical (unpaired) electrons. The van der Waals surface area contributed by atoms with Crippen molar-refractivity contribution in [3.63, 3.8) is 0 Å². The molecule has 0 aliphatic heterocycles. The molecule has 0 saturated heterocycles. The molecule has 7 heteroatoms. The van der Waals surface area contributed by atoms with Crippen LogP contribution in [0.1, 0.15) is 41.0 Å². The van der Waals surface area contributed by atoms with E-state index >= 15 is 0 Å². The minimum Gasteiger partial charge on any atom is -0.391 e. The van der Waals surface area contributed by atoms with Crippen LogP contribution in [0.25, 0.3) is 0 Å². The van der Waals surface area contributed by atoms with Crippen LogP contribution < -0.4 is 0 Å². The molecule has 0 aliphatic carbocycles. The van der Waals surface area contributed by atoms with Gasteiger partial charge in [0.15, 0.2) is 11.1 Å². The van der Waals surface area contributed by atoms with Crippen molar-refractivity contribution in [2.45, 2.75) is 41.0 Å². The molecule has 0 saturated carbocycles. The molecule has 0 aromatic rings. The van der Waals surface area contributed by atoms with Gasteiger partial charge in [-0.05, 0) is 6.92 Å². The van der Waals surface area contributed by atoms with Crippen LogP contribution in [-0.4, -0.2) is 31.4 Å². The maximum absolute atomic E-state index is 10.2. The molecule has 0 fully saturated rings. The van der Waals surface area contributed by atoms with Gasteiger partial charge in [0.2, 0.25) is 0 Å². The lowest BCUT2D eigenvalue weighted by atomic mass is 10.6. The van der Waals surface area contributed by atoms with Gasteiger partial charge in [-0.2, -0.15) is 0 Å². The molecule has 0 aromatic carbocycles. The summed E-state index contributed by atoms with van der Waals surface area (Å²) in [6.45, 7) is 10.3. The summed E-state index contributed by atoms with van der Waals surface area (Å²) in [5.41, 5.74) is 0. The number of hydrogen-bond donors (Lipinski definition) is 1. The SMILES string of the molecule is CC.CCC.CCO[SiH](O)OOS(C)=O. The second-order valence-electron chi connectivity index (χ2n) is 2.04. The monoisotopic (exact) mass is 260 g/mol. The van der Waals surface area contributed by atoms with E-state index in [9.17, 15) is 4.21 Å². The highest BCUT2D eigenvalue weighted by Gasteiger charge is 2.10. The Labute approximate surface area is 97.3 Å². The molecule has 5 nitrogen and oxygen atoms in total. The van der Waals surface area contributed by atoms with Crippen molar-refractivity contribution in [1.82, 2.24) is 0 Å². The summed E-state index contributed by atoms with van der Waals surface area (Å²) >= 11 is -1.52. The largest absolute Gasteiger partial charge is 0.513 e. The molecular weight excluding hydrogens is 236 g/mol. The minimum absolute atomic E-state index is 0.354. The van der Waals surface area contributed by atoms with Crippen molar-refractivity contribution in [2.24, 2.45) is 0 Å². The first kappa shape index (κ1) is 20.6. The van der Waals surface area contributed by atoms with Crippen LogP contribution in [0.2, 0.25) is 0 Å². The zero-order valence-electron chi connectivity index (χ0n) is 10.5. The van der Waals surface area contributed by atoms with Crippen molar-refractivity contribution < 1.29 is 22.3 Å². The molecule has 0 aliphatic rings. The lowest BCUT2D eigenvalue weighted by Crippen LogP contribution is -2.22. The first-order valence-corrected chi connectivity index (χ1v) is 7.99. The predicted octanol–water partition coefficient (Wildman–Crippen LogP) is 1.42. The van der Waals surface area contributed by atoms with E-state index in [1.54, 1.807) is 6.92 Å². The van der Waals surface area contributed by atoms with E-state index in [0.717, 1.165) is 0 Å². The smallest absolute Gasteiger partial charge is 0.391 e. The Morgan fingerprint density at radius 3 is 1.93 bits per heavy atom. The summed E-state index contributed by atoms with van der Waals surface area (Å²) in [6.07, 6.45) is 2.53. The Kier molecular flexibility index (Phi) is 27.1. The minimum atomic E-state index is -2.67. The standard InChI is InChI=1S/C3H10O5SSi.C3H8.C2H6/c1-3-6-10(5)8-7-9(2)4;1-3-2;1-2/h5,10H,3H2,1-2H3;3H2,1-2H3;1-2H3. The second kappa shape index (κ2) is 19.7. The molecule has 0 spiro atoms. The average molecular weight is 260 g/mol. The van der Waals surface area contributed by atoms with Gasteiger partial charge in [0.1, 0.15) is 0 Å². The van der Waals surface area contributed by atoms with Gasteiger partial charge in [-0.25, -0.2) is 8.79 Å². The molecule has 0 aromatic heterocycles. The van der Waals surface area contributed by atoms with Crippen molar-refractivity contribution in [3.05, 3.63) is 0 Å². The van der Waals surface area contributed by atoms with E-state index < -0.39 is 20.6 Å². The first-order chi connectivity index (χ1) is 7.08. The molecule has 0 rings (SSSR count). The molecule has 2 unspecified atom stereocenters. The van der Waals surface area contributed by atoms with Crippen molar-refractivity contribution in [1.29, 1.82) is 0 Å². The van der Waals surface area contributed by atoms with Crippen molar-refractivity contribution in [2.75, 3.05) is 12.9 Å². The zero-order valence-corrected chi connectivity index (χ0v) is 12.5. The van der Waals surface area contributed by atoms with Crippen molar-refractivity contribution >= 4 is 20.6 Å². The third kappa shape index (κ3) is 31.4. The Balaban J connectivity index is -0.000000245. The molecule has 15 heavy (non-hydrogen) atoms. The van der Waals surface area contributed by atoms with E-state index in [1.165, 1.54) is 12.7 Å². The zero-order chi connectivity index (χ0) is 12.7. The Morgan fingerprint density at radius 2 is 1.67 bits per heavy atom. The summed E-state index contributed by atoms with van der Waals surface area (Å²) in [4.78, 5) is 8.73. The summed E-state index contributed by atoms with van der Waals surface area (Å²) < 4.78 is 23.1. The molecule has 1 N–H and O–H groups in total. The fraction of sp³-hybridized carbons (Fsp3) is 1.00. The van der Waals surface area contributed by atoms with Crippen LogP contribution >= 0.6 is 0 Å². The van der Waals surface area contributed by atoms with Crippen LogP contribution in [0, 0.1) is 0 Å². The predicted molar refractivity (Wildman–Crippen MR) is 64.5 cm³/mol. The quantitative estimate of drug-likeness (QED) is 0.460. The molecule has 0 heterocycles. The van der Waals surface area contributed by atoms with Crippen LogP contribution in [0.15, 0.2) is 0 Å². The van der Waals surface area contributed by atoms with E-state index in [4.69, 9.17) is 4.80 Å². The summed E-state index contributed by atoms with van der Waals surface area (Å²) in [5.74, 6) is 0. The third-order valence-corrected chi connectivity index (χ3v) is 1.82. The van der Waals surface area contributed by atoms with E-state index in [1.807, 2.05) is 13.8 Å². The van der Waals surface area contributed by atoms with Gasteiger partial charge in [-0.3, -0.25) is 0 Å². The van der Waals surface area contributed by atoms with Gasteiger partial charge in [0.05, 0.1) is 0 Å². The third-order valence-electron chi connectivity index (χ3n) is 0.527. The normalized spacial score (nSPS) is 12.7. The van der Waals surface area contributed by atoms with Crippen LogP contribution in [-0.2, 0) is 24.4 Å². The lowest BCUT2D eigenvalue weighted by Gasteiger charge is -2.04. The molecule has 0 amide bonds. The highest BCUT2D eigenvalue weighted by Crippen LogP contribution is 1.87. The lowest BCUT2D eigenvalue weighted by molar-refractivity contribution is -0.131. The first-order valence-electron chi connectivity index (χ1n) is 5.05. The highest BCUT2D eigenvalue weighted by molar-refractivity contribution is 7.79. The van der Waals surface area contributed by atoms with E-state index in [2.05, 4.69) is 27.2 Å². The average Bonchev–Trinajstić information content (AvgIpc) is 2.20.